The van der Waals surface area contributed by atoms with Crippen LogP contribution in [0.4, 0.5) is 5.88 Å². The molecule has 0 saturated heterocycles. The van der Waals surface area contributed by atoms with Crippen molar-refractivity contribution in [2.24, 2.45) is 0 Å². The highest BCUT2D eigenvalue weighted by Crippen LogP contribution is 2.10. The number of benzene rings is 1. The molecule has 1 aromatic heterocycles. The zero-order valence-corrected chi connectivity index (χ0v) is 13.4. The summed E-state index contributed by atoms with van der Waals surface area (Å²) in [7, 11) is 1.96. The summed E-state index contributed by atoms with van der Waals surface area (Å²) in [5, 5.41) is 6.50. The molecule has 118 valence electrons. The lowest BCUT2D eigenvalue weighted by atomic mass is 10.1. The molecule has 1 amide bonds. The van der Waals surface area contributed by atoms with Gasteiger partial charge in [0.15, 0.2) is 0 Å². The van der Waals surface area contributed by atoms with Gasteiger partial charge in [0.05, 0.1) is 11.7 Å². The molecule has 1 unspecified atom stereocenters. The number of hydrogen-bond acceptors (Lipinski definition) is 4. The summed E-state index contributed by atoms with van der Waals surface area (Å²) in [6, 6.07) is 11.9. The molecule has 2 aromatic rings. The minimum Gasteiger partial charge on any atom is -0.338 e. The second-order valence-electron chi connectivity index (χ2n) is 5.57. The molecule has 0 aliphatic rings. The van der Waals surface area contributed by atoms with Gasteiger partial charge >= 0.3 is 0 Å². The first kappa shape index (κ1) is 16.2. The third-order valence-corrected chi connectivity index (χ3v) is 3.73. The van der Waals surface area contributed by atoms with Gasteiger partial charge in [0.2, 0.25) is 11.8 Å². The maximum atomic E-state index is 12.2. The van der Waals surface area contributed by atoms with E-state index in [4.69, 9.17) is 4.52 Å². The van der Waals surface area contributed by atoms with Crippen LogP contribution >= 0.6 is 0 Å². The quantitative estimate of drug-likeness (QED) is 0.854. The maximum absolute atomic E-state index is 12.2. The van der Waals surface area contributed by atoms with Gasteiger partial charge in [-0.1, -0.05) is 35.5 Å². The minimum atomic E-state index is -0.221. The van der Waals surface area contributed by atoms with Gasteiger partial charge in [-0.05, 0) is 45.8 Å². The normalized spacial score (nSPS) is 12.4. The van der Waals surface area contributed by atoms with Crippen LogP contribution in [0.25, 0.3) is 0 Å². The van der Waals surface area contributed by atoms with Crippen molar-refractivity contribution in [3.8, 4) is 0 Å². The number of amides is 1. The fourth-order valence-corrected chi connectivity index (χ4v) is 2.22. The van der Waals surface area contributed by atoms with Crippen molar-refractivity contribution in [2.75, 3.05) is 18.9 Å². The van der Waals surface area contributed by atoms with E-state index in [1.807, 2.05) is 31.9 Å². The Morgan fingerprint density at radius 2 is 2.09 bits per heavy atom. The van der Waals surface area contributed by atoms with E-state index in [1.54, 1.807) is 6.07 Å². The Kier molecular flexibility index (Phi) is 5.72. The number of anilines is 1. The zero-order valence-electron chi connectivity index (χ0n) is 13.4. The lowest BCUT2D eigenvalue weighted by Gasteiger charge is -2.23. The van der Waals surface area contributed by atoms with Gasteiger partial charge in [0.1, 0.15) is 0 Å². The average Bonchev–Trinajstić information content (AvgIpc) is 2.92. The van der Waals surface area contributed by atoms with Gasteiger partial charge in [0.25, 0.3) is 0 Å². The van der Waals surface area contributed by atoms with Crippen LogP contribution in [0.3, 0.4) is 0 Å². The van der Waals surface area contributed by atoms with E-state index < -0.39 is 0 Å². The van der Waals surface area contributed by atoms with E-state index in [0.29, 0.717) is 5.88 Å². The van der Waals surface area contributed by atoms with Crippen molar-refractivity contribution in [2.45, 2.75) is 32.7 Å². The monoisotopic (exact) mass is 301 g/mol. The van der Waals surface area contributed by atoms with Crippen molar-refractivity contribution >= 4 is 11.8 Å². The van der Waals surface area contributed by atoms with Crippen LogP contribution in [-0.2, 0) is 11.2 Å². The molecule has 0 aliphatic carbocycles. The van der Waals surface area contributed by atoms with Crippen molar-refractivity contribution in [1.29, 1.82) is 0 Å². The molecule has 22 heavy (non-hydrogen) atoms. The van der Waals surface area contributed by atoms with Crippen LogP contribution in [0, 0.1) is 6.92 Å². The maximum Gasteiger partial charge on any atom is 0.243 e. The molecule has 0 aliphatic heterocycles. The van der Waals surface area contributed by atoms with Crippen LogP contribution in [0.5, 0.6) is 0 Å². The Labute approximate surface area is 131 Å². The highest BCUT2D eigenvalue weighted by Gasteiger charge is 2.19. The van der Waals surface area contributed by atoms with Crippen LogP contribution in [-0.4, -0.2) is 35.6 Å². The lowest BCUT2D eigenvalue weighted by Crippen LogP contribution is -2.40. The van der Waals surface area contributed by atoms with Crippen LogP contribution in [0.15, 0.2) is 40.9 Å². The molecule has 5 nitrogen and oxygen atoms in total. The molecule has 0 spiro atoms. The summed E-state index contributed by atoms with van der Waals surface area (Å²) in [5.74, 6) is 0.311. The fourth-order valence-electron chi connectivity index (χ4n) is 2.22. The first-order valence-corrected chi connectivity index (χ1v) is 7.54. The van der Waals surface area contributed by atoms with E-state index in [2.05, 4.69) is 34.7 Å². The van der Waals surface area contributed by atoms with Crippen LogP contribution in [0.1, 0.15) is 24.6 Å². The van der Waals surface area contributed by atoms with Gasteiger partial charge in [-0.15, -0.1) is 0 Å². The van der Waals surface area contributed by atoms with Gasteiger partial charge in [-0.2, -0.15) is 0 Å². The summed E-state index contributed by atoms with van der Waals surface area (Å²) in [5.41, 5.74) is 2.07. The zero-order chi connectivity index (χ0) is 15.9. The summed E-state index contributed by atoms with van der Waals surface area (Å²) in [6.45, 7) is 4.57. The molecule has 2 rings (SSSR count). The highest BCUT2D eigenvalue weighted by molar-refractivity contribution is 5.93. The second-order valence-corrected chi connectivity index (χ2v) is 5.57. The number of likely N-dealkylation sites (N-methyl/N-ethyl adjacent to an activating group) is 1. The largest absolute Gasteiger partial charge is 0.338 e. The number of carbonyl (C=O) groups is 1. The van der Waals surface area contributed by atoms with E-state index in [-0.39, 0.29) is 11.9 Å². The summed E-state index contributed by atoms with van der Waals surface area (Å²) < 4.78 is 5.00. The van der Waals surface area contributed by atoms with Gasteiger partial charge in [-0.25, -0.2) is 0 Å². The molecular weight excluding hydrogens is 278 g/mol. The Balaban J connectivity index is 1.76. The summed E-state index contributed by atoms with van der Waals surface area (Å²) in [6.07, 6.45) is 2.03. The fraction of sp³-hybridized carbons (Fsp3) is 0.412. The number of carbonyl (C=O) groups excluding carboxylic acids is 1. The Bertz CT molecular complexity index is 595. The molecule has 1 atom stereocenters. The summed E-state index contributed by atoms with van der Waals surface area (Å²) in [4.78, 5) is 14.2. The molecule has 0 radical (unpaired) electrons. The number of rotatable bonds is 7. The predicted octanol–water partition coefficient (Wildman–Crippen LogP) is 2.87. The van der Waals surface area contributed by atoms with Gasteiger partial charge in [-0.3, -0.25) is 15.0 Å². The highest BCUT2D eigenvalue weighted by atomic mass is 16.5. The SMILES string of the molecule is Cc1cc(NC(=O)C(C)N(C)CCCc2ccccc2)on1. The molecule has 0 saturated carbocycles. The van der Waals surface area contributed by atoms with Crippen molar-refractivity contribution < 1.29 is 9.32 Å². The van der Waals surface area contributed by atoms with Crippen molar-refractivity contribution in [3.05, 3.63) is 47.7 Å². The van der Waals surface area contributed by atoms with Crippen LogP contribution < -0.4 is 5.32 Å². The minimum absolute atomic E-state index is 0.0849. The average molecular weight is 301 g/mol. The lowest BCUT2D eigenvalue weighted by molar-refractivity contribution is -0.120. The van der Waals surface area contributed by atoms with Crippen molar-refractivity contribution in [1.82, 2.24) is 10.1 Å². The molecular formula is C17H23N3O2. The third-order valence-electron chi connectivity index (χ3n) is 3.73. The van der Waals surface area contributed by atoms with E-state index >= 15 is 0 Å². The smallest absolute Gasteiger partial charge is 0.243 e. The molecule has 1 heterocycles. The van der Waals surface area contributed by atoms with Crippen LogP contribution in [0.2, 0.25) is 0 Å². The van der Waals surface area contributed by atoms with Crippen molar-refractivity contribution in [3.63, 3.8) is 0 Å². The number of hydrogen-bond donors (Lipinski definition) is 1. The standard InChI is InChI=1S/C17H23N3O2/c1-13-12-16(22-19-13)18-17(21)14(2)20(3)11-7-10-15-8-5-4-6-9-15/h4-6,8-9,12,14H,7,10-11H2,1-3H3,(H,18,21). The Hall–Kier alpha value is -2.14. The first-order chi connectivity index (χ1) is 10.6. The number of aryl methyl sites for hydroxylation is 2. The van der Waals surface area contributed by atoms with E-state index in [0.717, 1.165) is 25.1 Å². The van der Waals surface area contributed by atoms with Gasteiger partial charge < -0.3 is 4.52 Å². The predicted molar refractivity (Wildman–Crippen MR) is 86.7 cm³/mol. The third kappa shape index (κ3) is 4.70. The molecule has 1 aromatic carbocycles. The topological polar surface area (TPSA) is 58.4 Å². The van der Waals surface area contributed by atoms with E-state index in [1.165, 1.54) is 5.56 Å². The summed E-state index contributed by atoms with van der Waals surface area (Å²) >= 11 is 0. The van der Waals surface area contributed by atoms with E-state index in [9.17, 15) is 4.79 Å². The number of nitrogens with zero attached hydrogens (tertiary/aromatic N) is 2. The molecule has 0 fully saturated rings. The number of nitrogens with one attached hydrogen (secondary N) is 1. The molecule has 0 bridgehead atoms. The molecule has 5 heteroatoms. The first-order valence-electron chi connectivity index (χ1n) is 7.54. The Morgan fingerprint density at radius 1 is 1.36 bits per heavy atom. The Morgan fingerprint density at radius 3 is 2.73 bits per heavy atom. The van der Waals surface area contributed by atoms with Gasteiger partial charge in [0, 0.05) is 6.07 Å². The molecule has 1 N–H and O–H groups in total. The second kappa shape index (κ2) is 7.75. The number of aromatic nitrogens is 1.